The summed E-state index contributed by atoms with van der Waals surface area (Å²) < 4.78 is 39.6. The second-order valence-electron chi connectivity index (χ2n) is 8.93. The highest BCUT2D eigenvalue weighted by atomic mass is 32.2. The predicted octanol–water partition coefficient (Wildman–Crippen LogP) is 2.99. The van der Waals surface area contributed by atoms with Crippen LogP contribution in [0.5, 0.6) is 0 Å². The number of rotatable bonds is 7. The van der Waals surface area contributed by atoms with E-state index in [2.05, 4.69) is 13.8 Å². The summed E-state index contributed by atoms with van der Waals surface area (Å²) >= 11 is 0. The van der Waals surface area contributed by atoms with Crippen LogP contribution in [0.2, 0.25) is 0 Å². The molecule has 3 fully saturated rings. The topological polar surface area (TPSA) is 76.8 Å². The Morgan fingerprint density at radius 3 is 2.67 bits per heavy atom. The molecule has 27 heavy (non-hydrogen) atoms. The van der Waals surface area contributed by atoms with Crippen LogP contribution in [0.1, 0.15) is 51.7 Å². The van der Waals surface area contributed by atoms with E-state index in [1.165, 1.54) is 4.31 Å². The van der Waals surface area contributed by atoms with Crippen LogP contribution in [0.25, 0.3) is 0 Å². The Labute approximate surface area is 161 Å². The van der Waals surface area contributed by atoms with Crippen molar-refractivity contribution in [2.75, 3.05) is 18.9 Å². The first-order valence-corrected chi connectivity index (χ1v) is 11.5. The molecule has 3 atom stereocenters. The second-order valence-corrected chi connectivity index (χ2v) is 10.9. The lowest BCUT2D eigenvalue weighted by Crippen LogP contribution is -2.47. The van der Waals surface area contributed by atoms with Crippen molar-refractivity contribution in [2.45, 2.75) is 58.6 Å². The van der Waals surface area contributed by atoms with Gasteiger partial charge in [-0.1, -0.05) is 13.8 Å². The number of carbonyl (C=O) groups excluding carboxylic acids is 1. The summed E-state index contributed by atoms with van der Waals surface area (Å²) in [7, 11) is -3.64. The molecule has 0 radical (unpaired) electrons. The lowest BCUT2D eigenvalue weighted by atomic mass is 9.70. The second kappa shape index (κ2) is 6.71. The van der Waals surface area contributed by atoms with E-state index in [9.17, 15) is 13.2 Å². The average molecular weight is 396 g/mol. The van der Waals surface area contributed by atoms with Crippen molar-refractivity contribution < 1.29 is 22.4 Å². The Morgan fingerprint density at radius 1 is 1.30 bits per heavy atom. The number of sulfonamides is 1. The van der Waals surface area contributed by atoms with E-state index in [4.69, 9.17) is 9.15 Å². The standard InChI is InChI=1S/C20H29NO5S/c1-19(2)15-7-8-20(19,18(22)11-15)14-27(23,24)21(12-16-5-3-9-25-16)13-17-6-4-10-26-17/h3,5,9,15,17H,4,6-8,10-14H2,1-2H3. The molecule has 7 heteroatoms. The van der Waals surface area contributed by atoms with Crippen LogP contribution in [-0.2, 0) is 26.1 Å². The maximum atomic E-state index is 13.5. The molecule has 1 aromatic heterocycles. The number of hydrogen-bond donors (Lipinski definition) is 0. The smallest absolute Gasteiger partial charge is 0.215 e. The van der Waals surface area contributed by atoms with Crippen molar-refractivity contribution in [3.05, 3.63) is 24.2 Å². The Kier molecular flexibility index (Phi) is 4.76. The Hall–Kier alpha value is -1.18. The average Bonchev–Trinajstić information content (AvgIpc) is 3.35. The molecule has 2 heterocycles. The van der Waals surface area contributed by atoms with Crippen molar-refractivity contribution in [3.63, 3.8) is 0 Å². The first-order chi connectivity index (χ1) is 12.7. The van der Waals surface area contributed by atoms with Crippen molar-refractivity contribution in [1.29, 1.82) is 0 Å². The van der Waals surface area contributed by atoms with E-state index in [1.54, 1.807) is 18.4 Å². The SMILES string of the molecule is CC1(C)C2CCC1(CS(=O)(=O)N(Cc1ccco1)CC1CCCO1)C(=O)C2. The molecule has 3 unspecified atom stereocenters. The van der Waals surface area contributed by atoms with Gasteiger partial charge in [-0.15, -0.1) is 0 Å². The summed E-state index contributed by atoms with van der Waals surface area (Å²) in [5, 5.41) is 0. The van der Waals surface area contributed by atoms with Gasteiger partial charge in [0, 0.05) is 25.0 Å². The quantitative estimate of drug-likeness (QED) is 0.709. The fraction of sp³-hybridized carbons (Fsp3) is 0.750. The van der Waals surface area contributed by atoms with E-state index < -0.39 is 15.4 Å². The molecule has 2 aliphatic carbocycles. The lowest BCUT2D eigenvalue weighted by Gasteiger charge is -2.37. The first kappa shape index (κ1) is 19.2. The number of carbonyl (C=O) groups is 1. The molecule has 2 saturated carbocycles. The van der Waals surface area contributed by atoms with Gasteiger partial charge in [-0.05, 0) is 49.1 Å². The third-order valence-corrected chi connectivity index (χ3v) is 9.23. The van der Waals surface area contributed by atoms with Gasteiger partial charge in [0.15, 0.2) is 0 Å². The normalized spacial score (nSPS) is 32.6. The largest absolute Gasteiger partial charge is 0.468 e. The molecule has 1 saturated heterocycles. The van der Waals surface area contributed by atoms with Gasteiger partial charge in [0.25, 0.3) is 0 Å². The van der Waals surface area contributed by atoms with Crippen LogP contribution in [0.15, 0.2) is 22.8 Å². The fourth-order valence-electron chi connectivity index (χ4n) is 5.38. The monoisotopic (exact) mass is 395 g/mol. The van der Waals surface area contributed by atoms with Crippen LogP contribution in [0, 0.1) is 16.7 Å². The minimum absolute atomic E-state index is 0.0872. The van der Waals surface area contributed by atoms with Gasteiger partial charge >= 0.3 is 0 Å². The molecule has 3 aliphatic rings. The summed E-state index contributed by atoms with van der Waals surface area (Å²) in [6, 6.07) is 3.54. The zero-order valence-corrected chi connectivity index (χ0v) is 17.0. The van der Waals surface area contributed by atoms with Gasteiger partial charge in [0.2, 0.25) is 10.0 Å². The predicted molar refractivity (Wildman–Crippen MR) is 100 cm³/mol. The molecule has 0 amide bonds. The minimum atomic E-state index is -3.64. The molecule has 150 valence electrons. The van der Waals surface area contributed by atoms with Gasteiger partial charge in [-0.2, -0.15) is 4.31 Å². The Morgan fingerprint density at radius 2 is 2.11 bits per heavy atom. The van der Waals surface area contributed by atoms with Crippen LogP contribution < -0.4 is 0 Å². The molecule has 1 aliphatic heterocycles. The van der Waals surface area contributed by atoms with E-state index in [0.717, 1.165) is 19.3 Å². The van der Waals surface area contributed by atoms with Crippen molar-refractivity contribution >= 4 is 15.8 Å². The maximum absolute atomic E-state index is 13.5. The number of ketones is 1. The lowest BCUT2D eigenvalue weighted by molar-refractivity contribution is -0.128. The Balaban J connectivity index is 1.60. The highest BCUT2D eigenvalue weighted by Crippen LogP contribution is 2.64. The number of ether oxygens (including phenoxy) is 1. The molecule has 0 spiro atoms. The van der Waals surface area contributed by atoms with Gasteiger partial charge in [-0.25, -0.2) is 8.42 Å². The molecule has 1 aromatic rings. The maximum Gasteiger partial charge on any atom is 0.215 e. The highest BCUT2D eigenvalue weighted by Gasteiger charge is 2.65. The van der Waals surface area contributed by atoms with Crippen molar-refractivity contribution in [1.82, 2.24) is 4.31 Å². The van der Waals surface area contributed by atoms with Crippen LogP contribution in [0.4, 0.5) is 0 Å². The number of hydrogen-bond acceptors (Lipinski definition) is 5. The third-order valence-electron chi connectivity index (χ3n) is 7.30. The summed E-state index contributed by atoms with van der Waals surface area (Å²) in [4.78, 5) is 12.8. The summed E-state index contributed by atoms with van der Waals surface area (Å²) in [6.07, 6.45) is 5.42. The van der Waals surface area contributed by atoms with E-state index in [-0.39, 0.29) is 29.6 Å². The van der Waals surface area contributed by atoms with E-state index in [0.29, 0.717) is 37.7 Å². The summed E-state index contributed by atoms with van der Waals surface area (Å²) in [6.45, 7) is 5.32. The first-order valence-electron chi connectivity index (χ1n) is 9.90. The minimum Gasteiger partial charge on any atom is -0.468 e. The third kappa shape index (κ3) is 3.17. The molecule has 6 nitrogen and oxygen atoms in total. The highest BCUT2D eigenvalue weighted by molar-refractivity contribution is 7.89. The molecule has 0 N–H and O–H groups in total. The van der Waals surface area contributed by atoms with Gasteiger partial charge in [-0.3, -0.25) is 4.79 Å². The van der Waals surface area contributed by atoms with Gasteiger partial charge in [0.1, 0.15) is 11.5 Å². The fourth-order valence-corrected chi connectivity index (χ4v) is 7.58. The molecule has 2 bridgehead atoms. The summed E-state index contributed by atoms with van der Waals surface area (Å²) in [5.41, 5.74) is -1.02. The Bertz CT molecular complexity index is 794. The number of nitrogens with zero attached hydrogens (tertiary/aromatic N) is 1. The molecular weight excluding hydrogens is 366 g/mol. The summed E-state index contributed by atoms with van der Waals surface area (Å²) in [5.74, 6) is 0.935. The van der Waals surface area contributed by atoms with Crippen molar-refractivity contribution in [3.8, 4) is 0 Å². The number of furan rings is 1. The molecule has 4 rings (SSSR count). The van der Waals surface area contributed by atoms with Crippen LogP contribution in [-0.4, -0.2) is 43.5 Å². The molecule has 0 aromatic carbocycles. The van der Waals surface area contributed by atoms with Crippen LogP contribution in [0.3, 0.4) is 0 Å². The van der Waals surface area contributed by atoms with Gasteiger partial charge in [0.05, 0.1) is 24.7 Å². The van der Waals surface area contributed by atoms with Crippen LogP contribution >= 0.6 is 0 Å². The van der Waals surface area contributed by atoms with Gasteiger partial charge < -0.3 is 9.15 Å². The van der Waals surface area contributed by atoms with E-state index in [1.807, 2.05) is 0 Å². The zero-order valence-electron chi connectivity index (χ0n) is 16.1. The molecular formula is C20H29NO5S. The number of Topliss-reactive ketones (excluding diaryl/α,β-unsaturated/α-hetero) is 1. The zero-order chi connectivity index (χ0) is 19.3. The van der Waals surface area contributed by atoms with E-state index >= 15 is 0 Å². The van der Waals surface area contributed by atoms with Crippen molar-refractivity contribution in [2.24, 2.45) is 16.7 Å². The number of fused-ring (bicyclic) bond motifs is 2.